The third-order valence-corrected chi connectivity index (χ3v) is 4.12. The molecule has 96 valence electrons. The second-order valence-corrected chi connectivity index (χ2v) is 5.73. The molecule has 1 aliphatic rings. The van der Waals surface area contributed by atoms with Crippen LogP contribution in [0.4, 0.5) is 0 Å². The highest BCUT2D eigenvalue weighted by atomic mass is 35.5. The van der Waals surface area contributed by atoms with Crippen LogP contribution in [0.25, 0.3) is 5.65 Å². The van der Waals surface area contributed by atoms with E-state index in [0.29, 0.717) is 12.0 Å². The van der Waals surface area contributed by atoms with Gasteiger partial charge >= 0.3 is 0 Å². The van der Waals surface area contributed by atoms with Crippen molar-refractivity contribution in [2.45, 2.75) is 32.2 Å². The summed E-state index contributed by atoms with van der Waals surface area (Å²) in [6, 6.07) is 4.47. The lowest BCUT2D eigenvalue weighted by molar-refractivity contribution is 0.272. The Hall–Kier alpha value is -1.06. The van der Waals surface area contributed by atoms with Gasteiger partial charge in [0.15, 0.2) is 5.65 Å². The number of imidazole rings is 1. The van der Waals surface area contributed by atoms with Crippen LogP contribution in [0, 0.1) is 0 Å². The molecule has 18 heavy (non-hydrogen) atoms. The molecular weight excluding hydrogens is 246 g/mol. The molecule has 0 bridgehead atoms. The molecule has 1 atom stereocenters. The molecule has 4 heteroatoms. The molecule has 0 amide bonds. The van der Waals surface area contributed by atoms with E-state index in [-0.39, 0.29) is 0 Å². The Morgan fingerprint density at radius 2 is 2.28 bits per heavy atom. The average molecular weight is 264 g/mol. The Labute approximate surface area is 112 Å². The fourth-order valence-corrected chi connectivity index (χ4v) is 2.90. The highest BCUT2D eigenvalue weighted by Gasteiger charge is 2.27. The van der Waals surface area contributed by atoms with Crippen LogP contribution in [0.1, 0.15) is 31.9 Å². The third-order valence-electron chi connectivity index (χ3n) is 3.82. The summed E-state index contributed by atoms with van der Waals surface area (Å²) < 4.78 is 2.02. The van der Waals surface area contributed by atoms with Crippen LogP contribution in [-0.2, 0) is 0 Å². The Kier molecular flexibility index (Phi) is 3.04. The molecule has 0 saturated carbocycles. The number of rotatable bonds is 2. The number of hydrogen-bond acceptors (Lipinski definition) is 2. The van der Waals surface area contributed by atoms with Gasteiger partial charge in [0.1, 0.15) is 0 Å². The van der Waals surface area contributed by atoms with Gasteiger partial charge in [0.2, 0.25) is 0 Å². The van der Waals surface area contributed by atoms with E-state index in [1.807, 2.05) is 22.7 Å². The topological polar surface area (TPSA) is 20.5 Å². The fraction of sp³-hybridized carbons (Fsp3) is 0.500. The van der Waals surface area contributed by atoms with E-state index >= 15 is 0 Å². The zero-order valence-corrected chi connectivity index (χ0v) is 11.6. The Balaban J connectivity index is 1.89. The van der Waals surface area contributed by atoms with Crippen LogP contribution in [0.3, 0.4) is 0 Å². The number of hydrogen-bond donors (Lipinski definition) is 0. The van der Waals surface area contributed by atoms with Gasteiger partial charge in [-0.05, 0) is 38.9 Å². The zero-order chi connectivity index (χ0) is 12.7. The smallest absolute Gasteiger partial charge is 0.155 e. The van der Waals surface area contributed by atoms with Crippen LogP contribution in [0.15, 0.2) is 24.5 Å². The van der Waals surface area contributed by atoms with Gasteiger partial charge in [0.25, 0.3) is 0 Å². The molecule has 0 aromatic carbocycles. The molecule has 1 aliphatic heterocycles. The summed E-state index contributed by atoms with van der Waals surface area (Å²) in [5.74, 6) is 0.545. The van der Waals surface area contributed by atoms with Gasteiger partial charge in [-0.2, -0.15) is 0 Å². The van der Waals surface area contributed by atoms with Gasteiger partial charge < -0.3 is 9.30 Å². The van der Waals surface area contributed by atoms with Crippen molar-refractivity contribution < 1.29 is 0 Å². The molecule has 2 aromatic heterocycles. The molecule has 1 saturated heterocycles. The van der Waals surface area contributed by atoms with Crippen molar-refractivity contribution in [1.82, 2.24) is 14.3 Å². The number of aromatic nitrogens is 2. The monoisotopic (exact) mass is 263 g/mol. The predicted octanol–water partition coefficient (Wildman–Crippen LogP) is 3.19. The number of pyridine rings is 1. The molecular formula is C14H18ClN3. The minimum Gasteiger partial charge on any atom is -0.306 e. The van der Waals surface area contributed by atoms with E-state index in [2.05, 4.69) is 24.9 Å². The molecule has 2 aromatic rings. The van der Waals surface area contributed by atoms with Crippen LogP contribution < -0.4 is 0 Å². The molecule has 1 fully saturated rings. The Morgan fingerprint density at radius 3 is 2.94 bits per heavy atom. The van der Waals surface area contributed by atoms with Crippen molar-refractivity contribution in [2.24, 2.45) is 0 Å². The van der Waals surface area contributed by atoms with Gasteiger partial charge in [-0.25, -0.2) is 4.98 Å². The zero-order valence-electron chi connectivity index (χ0n) is 10.8. The normalized spacial score (nSPS) is 21.2. The summed E-state index contributed by atoms with van der Waals surface area (Å²) in [5.41, 5.74) is 2.04. The SMILES string of the molecule is CC(C)N1CCC(c2cn3cccc(Cl)c3n2)C1. The Morgan fingerprint density at radius 1 is 1.44 bits per heavy atom. The van der Waals surface area contributed by atoms with Gasteiger partial charge in [-0.15, -0.1) is 0 Å². The number of fused-ring (bicyclic) bond motifs is 1. The maximum absolute atomic E-state index is 6.16. The van der Waals surface area contributed by atoms with Crippen molar-refractivity contribution >= 4 is 17.2 Å². The van der Waals surface area contributed by atoms with Crippen molar-refractivity contribution in [3.63, 3.8) is 0 Å². The van der Waals surface area contributed by atoms with Gasteiger partial charge in [-0.1, -0.05) is 11.6 Å². The standard InChI is InChI=1S/C14H18ClN3/c1-10(2)17-7-5-11(8-17)13-9-18-6-3-4-12(15)14(18)16-13/h3-4,6,9-11H,5,7-8H2,1-2H3. The summed E-state index contributed by atoms with van der Waals surface area (Å²) in [7, 11) is 0. The van der Waals surface area contributed by atoms with E-state index < -0.39 is 0 Å². The quantitative estimate of drug-likeness (QED) is 0.830. The largest absolute Gasteiger partial charge is 0.306 e. The first kappa shape index (κ1) is 12.0. The van der Waals surface area contributed by atoms with Crippen LogP contribution in [0.2, 0.25) is 5.02 Å². The van der Waals surface area contributed by atoms with Crippen LogP contribution in [-0.4, -0.2) is 33.4 Å². The number of nitrogens with zero attached hydrogens (tertiary/aromatic N) is 3. The van der Waals surface area contributed by atoms with E-state index in [1.165, 1.54) is 18.7 Å². The van der Waals surface area contributed by atoms with Crippen molar-refractivity contribution in [3.8, 4) is 0 Å². The first-order valence-electron chi connectivity index (χ1n) is 6.52. The maximum atomic E-state index is 6.16. The summed E-state index contributed by atoms with van der Waals surface area (Å²) in [5, 5.41) is 0.725. The van der Waals surface area contributed by atoms with E-state index in [9.17, 15) is 0 Å². The molecule has 0 N–H and O–H groups in total. The molecule has 1 unspecified atom stereocenters. The molecule has 3 heterocycles. The average Bonchev–Trinajstić information content (AvgIpc) is 2.95. The first-order chi connectivity index (χ1) is 8.65. The summed E-state index contributed by atoms with van der Waals surface area (Å²) in [6.07, 6.45) is 5.32. The summed E-state index contributed by atoms with van der Waals surface area (Å²) in [6.45, 7) is 6.79. The second kappa shape index (κ2) is 4.56. The summed E-state index contributed by atoms with van der Waals surface area (Å²) >= 11 is 6.16. The molecule has 3 nitrogen and oxygen atoms in total. The van der Waals surface area contributed by atoms with E-state index in [0.717, 1.165) is 17.2 Å². The first-order valence-corrected chi connectivity index (χ1v) is 6.90. The predicted molar refractivity (Wildman–Crippen MR) is 74.3 cm³/mol. The Bertz CT molecular complexity index is 561. The molecule has 0 aliphatic carbocycles. The van der Waals surface area contributed by atoms with Crippen molar-refractivity contribution in [2.75, 3.05) is 13.1 Å². The molecule has 0 spiro atoms. The van der Waals surface area contributed by atoms with E-state index in [1.54, 1.807) is 0 Å². The van der Waals surface area contributed by atoms with Gasteiger partial charge in [0, 0.05) is 30.9 Å². The minimum atomic E-state index is 0.545. The van der Waals surface area contributed by atoms with Crippen molar-refractivity contribution in [1.29, 1.82) is 0 Å². The van der Waals surface area contributed by atoms with Crippen molar-refractivity contribution in [3.05, 3.63) is 35.2 Å². The minimum absolute atomic E-state index is 0.545. The maximum Gasteiger partial charge on any atom is 0.155 e. The lowest BCUT2D eigenvalue weighted by atomic mass is 10.1. The fourth-order valence-electron chi connectivity index (χ4n) is 2.69. The molecule has 0 radical (unpaired) electrons. The lowest BCUT2D eigenvalue weighted by Gasteiger charge is -2.19. The van der Waals surface area contributed by atoms with Gasteiger partial charge in [-0.3, -0.25) is 0 Å². The highest BCUT2D eigenvalue weighted by Crippen LogP contribution is 2.29. The van der Waals surface area contributed by atoms with Gasteiger partial charge in [0.05, 0.1) is 10.7 Å². The lowest BCUT2D eigenvalue weighted by Crippen LogP contribution is -2.27. The highest BCUT2D eigenvalue weighted by molar-refractivity contribution is 6.33. The number of halogens is 1. The van der Waals surface area contributed by atoms with E-state index in [4.69, 9.17) is 16.6 Å². The summed E-state index contributed by atoms with van der Waals surface area (Å²) in [4.78, 5) is 7.20. The molecule has 3 rings (SSSR count). The number of likely N-dealkylation sites (tertiary alicyclic amines) is 1. The van der Waals surface area contributed by atoms with Crippen LogP contribution >= 0.6 is 11.6 Å². The third kappa shape index (κ3) is 2.02. The second-order valence-electron chi connectivity index (χ2n) is 5.33. The van der Waals surface area contributed by atoms with Crippen LogP contribution in [0.5, 0.6) is 0 Å².